The summed E-state index contributed by atoms with van der Waals surface area (Å²) in [6.45, 7) is 0.324. The van der Waals surface area contributed by atoms with E-state index in [1.165, 1.54) is 12.1 Å². The second-order valence-corrected chi connectivity index (χ2v) is 8.38. The lowest BCUT2D eigenvalue weighted by Crippen LogP contribution is -1.98. The molecule has 1 heterocycles. The molecule has 0 bridgehead atoms. The fourth-order valence-corrected chi connectivity index (χ4v) is 3.67. The Labute approximate surface area is 190 Å². The van der Waals surface area contributed by atoms with E-state index in [1.807, 2.05) is 42.5 Å². The summed E-state index contributed by atoms with van der Waals surface area (Å²) >= 11 is 6.90. The van der Waals surface area contributed by atoms with Gasteiger partial charge in [-0.25, -0.2) is 9.18 Å². The van der Waals surface area contributed by atoms with E-state index in [2.05, 4.69) is 31.9 Å². The highest BCUT2D eigenvalue weighted by Crippen LogP contribution is 2.31. The summed E-state index contributed by atoms with van der Waals surface area (Å²) in [5.41, 5.74) is 3.01. The Morgan fingerprint density at radius 3 is 2.40 bits per heavy atom. The van der Waals surface area contributed by atoms with E-state index in [0.717, 1.165) is 25.6 Å². The van der Waals surface area contributed by atoms with Crippen molar-refractivity contribution in [3.63, 3.8) is 0 Å². The lowest BCUT2D eigenvalue weighted by atomic mass is 10.1. The molecule has 0 aromatic heterocycles. The molecule has 1 aliphatic rings. The molecule has 0 aliphatic carbocycles. The molecule has 0 amide bonds. The minimum atomic E-state index is -0.388. The maximum atomic E-state index is 13.0. The van der Waals surface area contributed by atoms with E-state index in [4.69, 9.17) is 9.47 Å². The number of benzene rings is 3. The Hall–Kier alpha value is -2.70. The van der Waals surface area contributed by atoms with E-state index in [0.29, 0.717) is 23.7 Å². The van der Waals surface area contributed by atoms with E-state index in [1.54, 1.807) is 24.3 Å². The first-order valence-corrected chi connectivity index (χ1v) is 10.6. The molecule has 3 aromatic rings. The molecule has 3 nitrogen and oxygen atoms in total. The lowest BCUT2D eigenvalue weighted by Gasteiger charge is -2.09. The summed E-state index contributed by atoms with van der Waals surface area (Å²) < 4.78 is 25.9. The summed E-state index contributed by atoms with van der Waals surface area (Å²) in [5, 5.41) is 0. The highest BCUT2D eigenvalue weighted by molar-refractivity contribution is 9.10. The monoisotopic (exact) mass is 528 g/mol. The normalized spacial score (nSPS) is 14.6. The quantitative estimate of drug-likeness (QED) is 0.266. The molecule has 150 valence electrons. The van der Waals surface area contributed by atoms with Crippen molar-refractivity contribution >= 4 is 49.7 Å². The predicted molar refractivity (Wildman–Crippen MR) is 121 cm³/mol. The number of cyclic esters (lactones) is 1. The van der Waals surface area contributed by atoms with Gasteiger partial charge in [-0.1, -0.05) is 46.3 Å². The molecule has 4 rings (SSSR count). The first-order valence-electron chi connectivity index (χ1n) is 9.06. The Morgan fingerprint density at radius 2 is 1.70 bits per heavy atom. The average Bonchev–Trinajstić information content (AvgIpc) is 3.09. The molecule has 30 heavy (non-hydrogen) atoms. The van der Waals surface area contributed by atoms with Gasteiger partial charge >= 0.3 is 5.97 Å². The number of hydrogen-bond donors (Lipinski definition) is 0. The molecular formula is C24H15Br2FO3. The average molecular weight is 530 g/mol. The van der Waals surface area contributed by atoms with Gasteiger partial charge in [0, 0.05) is 10.0 Å². The molecule has 0 fully saturated rings. The number of ether oxygens (including phenoxy) is 2. The molecule has 0 spiro atoms. The summed E-state index contributed by atoms with van der Waals surface area (Å²) in [5.74, 6) is 0.513. The van der Waals surface area contributed by atoms with Gasteiger partial charge in [0.1, 0.15) is 23.9 Å². The third-order valence-electron chi connectivity index (χ3n) is 4.44. The van der Waals surface area contributed by atoms with Gasteiger partial charge in [-0.15, -0.1) is 0 Å². The van der Waals surface area contributed by atoms with Gasteiger partial charge in [0.05, 0.1) is 10.0 Å². The van der Waals surface area contributed by atoms with Gasteiger partial charge in [0.25, 0.3) is 0 Å². The predicted octanol–water partition coefficient (Wildman–Crippen LogP) is 6.91. The summed E-state index contributed by atoms with van der Waals surface area (Å²) in [7, 11) is 0. The topological polar surface area (TPSA) is 35.5 Å². The standard InChI is InChI=1S/C24H15Br2FO3/c25-19-6-4-17(5-7-19)23-13-18(24(28)30-23)11-16-3-10-22(21(26)12-16)29-14-15-1-8-20(27)9-2-15/h1-13H,14H2/b18-11+. The van der Waals surface area contributed by atoms with Crippen molar-refractivity contribution in [3.05, 3.63) is 110 Å². The molecule has 3 aromatic carbocycles. The number of rotatable bonds is 5. The molecule has 0 atom stereocenters. The SMILES string of the molecule is O=C1OC(c2ccc(Br)cc2)=C/C1=C\c1ccc(OCc2ccc(F)cc2)c(Br)c1. The second kappa shape index (κ2) is 8.98. The minimum absolute atomic E-state index is 0.278. The highest BCUT2D eigenvalue weighted by atomic mass is 79.9. The zero-order valence-corrected chi connectivity index (χ0v) is 18.7. The van der Waals surface area contributed by atoms with Crippen LogP contribution in [0.5, 0.6) is 5.75 Å². The maximum Gasteiger partial charge on any atom is 0.343 e. The number of carbonyl (C=O) groups is 1. The van der Waals surface area contributed by atoms with E-state index < -0.39 is 0 Å². The minimum Gasteiger partial charge on any atom is -0.488 e. The fourth-order valence-electron chi connectivity index (χ4n) is 2.89. The first-order chi connectivity index (χ1) is 14.5. The molecule has 0 saturated carbocycles. The first kappa shape index (κ1) is 20.6. The van der Waals surface area contributed by atoms with Gasteiger partial charge in [-0.3, -0.25) is 0 Å². The zero-order chi connectivity index (χ0) is 21.1. The van der Waals surface area contributed by atoms with Crippen LogP contribution in [0.15, 0.2) is 87.3 Å². The van der Waals surface area contributed by atoms with E-state index in [9.17, 15) is 9.18 Å². The molecule has 0 saturated heterocycles. The van der Waals surface area contributed by atoms with Crippen LogP contribution in [-0.4, -0.2) is 5.97 Å². The molecule has 0 radical (unpaired) electrons. The Balaban J connectivity index is 1.49. The van der Waals surface area contributed by atoms with Gasteiger partial charge in [-0.2, -0.15) is 0 Å². The number of halogens is 3. The van der Waals surface area contributed by atoms with Gasteiger partial charge in [0.15, 0.2) is 0 Å². The summed E-state index contributed by atoms with van der Waals surface area (Å²) in [4.78, 5) is 12.2. The van der Waals surface area contributed by atoms with Crippen LogP contribution in [0.1, 0.15) is 16.7 Å². The van der Waals surface area contributed by atoms with Crippen LogP contribution in [-0.2, 0) is 16.1 Å². The number of hydrogen-bond acceptors (Lipinski definition) is 3. The Kier molecular flexibility index (Phi) is 6.16. The van der Waals surface area contributed by atoms with Crippen LogP contribution in [0.2, 0.25) is 0 Å². The molecule has 0 N–H and O–H groups in total. The third-order valence-corrected chi connectivity index (χ3v) is 5.59. The van der Waals surface area contributed by atoms with Gasteiger partial charge in [-0.05, 0) is 75.6 Å². The Morgan fingerprint density at radius 1 is 0.967 bits per heavy atom. The van der Waals surface area contributed by atoms with Crippen molar-refractivity contribution in [1.82, 2.24) is 0 Å². The smallest absolute Gasteiger partial charge is 0.343 e. The van der Waals surface area contributed by atoms with Crippen molar-refractivity contribution in [2.75, 3.05) is 0 Å². The highest BCUT2D eigenvalue weighted by Gasteiger charge is 2.22. The Bertz CT molecular complexity index is 1150. The number of esters is 1. The van der Waals surface area contributed by atoms with E-state index >= 15 is 0 Å². The van der Waals surface area contributed by atoms with Crippen molar-refractivity contribution in [1.29, 1.82) is 0 Å². The largest absolute Gasteiger partial charge is 0.488 e. The maximum absolute atomic E-state index is 13.0. The van der Waals surface area contributed by atoms with Crippen molar-refractivity contribution in [3.8, 4) is 5.75 Å². The zero-order valence-electron chi connectivity index (χ0n) is 15.6. The van der Waals surface area contributed by atoms with Gasteiger partial charge in [0.2, 0.25) is 0 Å². The van der Waals surface area contributed by atoms with Crippen molar-refractivity contribution < 1.29 is 18.7 Å². The van der Waals surface area contributed by atoms with Crippen LogP contribution >= 0.6 is 31.9 Å². The van der Waals surface area contributed by atoms with Crippen LogP contribution in [0.25, 0.3) is 11.8 Å². The number of carbonyl (C=O) groups excluding carboxylic acids is 1. The van der Waals surface area contributed by atoms with Crippen LogP contribution < -0.4 is 4.74 Å². The third kappa shape index (κ3) is 4.89. The molecule has 1 aliphatic heterocycles. The molecule has 0 unspecified atom stereocenters. The van der Waals surface area contributed by atoms with Crippen molar-refractivity contribution in [2.24, 2.45) is 0 Å². The summed E-state index contributed by atoms with van der Waals surface area (Å²) in [6, 6.07) is 19.3. The molecule has 6 heteroatoms. The van der Waals surface area contributed by atoms with Crippen LogP contribution in [0.4, 0.5) is 4.39 Å². The van der Waals surface area contributed by atoms with Crippen molar-refractivity contribution in [2.45, 2.75) is 6.61 Å². The fraction of sp³-hybridized carbons (Fsp3) is 0.0417. The van der Waals surface area contributed by atoms with Crippen LogP contribution in [0.3, 0.4) is 0 Å². The van der Waals surface area contributed by atoms with E-state index in [-0.39, 0.29) is 11.8 Å². The van der Waals surface area contributed by atoms with Gasteiger partial charge < -0.3 is 9.47 Å². The second-order valence-electron chi connectivity index (χ2n) is 6.61. The summed E-state index contributed by atoms with van der Waals surface area (Å²) in [6.07, 6.45) is 3.50. The lowest BCUT2D eigenvalue weighted by molar-refractivity contribution is -0.130. The van der Waals surface area contributed by atoms with Crippen LogP contribution in [0, 0.1) is 5.82 Å². The molecular weight excluding hydrogens is 515 g/mol.